The first-order chi connectivity index (χ1) is 17.5. The minimum absolute atomic E-state index is 0.0707. The molecule has 0 aliphatic rings. The summed E-state index contributed by atoms with van der Waals surface area (Å²) in [5, 5.41) is 0. The van der Waals surface area contributed by atoms with Crippen LogP contribution in [0.4, 0.5) is 0 Å². The van der Waals surface area contributed by atoms with Crippen LogP contribution in [0.2, 0.25) is 0 Å². The molecule has 2 atom stereocenters. The van der Waals surface area contributed by atoms with E-state index in [-0.39, 0.29) is 11.9 Å². The molecule has 0 rings (SSSR count). The van der Waals surface area contributed by atoms with Crippen LogP contribution in [0.5, 0.6) is 0 Å². The first-order valence-electron chi connectivity index (χ1n) is 15.6. The summed E-state index contributed by atoms with van der Waals surface area (Å²) in [4.78, 5) is 22.1. The van der Waals surface area contributed by atoms with E-state index in [1.54, 1.807) is 0 Å². The highest BCUT2D eigenvalue weighted by atomic mass is 16.5. The fraction of sp³-hybridized carbons (Fsp3) is 0.938. The van der Waals surface area contributed by atoms with Gasteiger partial charge in [-0.2, -0.15) is 0 Å². The van der Waals surface area contributed by atoms with E-state index in [1.807, 2.05) is 0 Å². The van der Waals surface area contributed by atoms with Crippen LogP contribution in [-0.4, -0.2) is 26.2 Å². The van der Waals surface area contributed by atoms with E-state index in [4.69, 9.17) is 0 Å². The summed E-state index contributed by atoms with van der Waals surface area (Å²) < 4.78 is 9.35. The molecule has 0 radical (unpaired) electrons. The topological polar surface area (TPSA) is 52.6 Å². The van der Waals surface area contributed by atoms with Crippen LogP contribution in [0.3, 0.4) is 0 Å². The predicted octanol–water partition coefficient (Wildman–Crippen LogP) is 9.97. The molecule has 0 bridgehead atoms. The molecule has 0 fully saturated rings. The molecular weight excluding hydrogens is 448 g/mol. The van der Waals surface area contributed by atoms with Gasteiger partial charge in [0.25, 0.3) is 0 Å². The van der Waals surface area contributed by atoms with Crippen molar-refractivity contribution in [3.63, 3.8) is 0 Å². The number of ether oxygens (including phenoxy) is 2. The Kier molecular flexibility index (Phi) is 26.2. The summed E-state index contributed by atoms with van der Waals surface area (Å²) in [6, 6.07) is 0. The van der Waals surface area contributed by atoms with Crippen molar-refractivity contribution in [1.29, 1.82) is 0 Å². The second-order valence-corrected chi connectivity index (χ2v) is 11.4. The van der Waals surface area contributed by atoms with Crippen molar-refractivity contribution in [3.05, 3.63) is 0 Å². The zero-order valence-electron chi connectivity index (χ0n) is 24.8. The molecule has 0 aromatic rings. The molecular formula is C32H62O4. The first kappa shape index (κ1) is 34.9. The molecule has 0 N–H and O–H groups in total. The Morgan fingerprint density at radius 3 is 0.944 bits per heavy atom. The third kappa shape index (κ3) is 26.0. The molecule has 0 saturated carbocycles. The largest absolute Gasteiger partial charge is 0.469 e. The third-order valence-electron chi connectivity index (χ3n) is 7.76. The Morgan fingerprint density at radius 1 is 0.417 bits per heavy atom. The van der Waals surface area contributed by atoms with E-state index in [2.05, 4.69) is 23.3 Å². The number of hydrogen-bond acceptors (Lipinski definition) is 4. The summed E-state index contributed by atoms with van der Waals surface area (Å²) in [6.07, 6.45) is 30.0. The summed E-state index contributed by atoms with van der Waals surface area (Å²) >= 11 is 0. The van der Waals surface area contributed by atoms with E-state index in [0.29, 0.717) is 12.8 Å². The highest BCUT2D eigenvalue weighted by molar-refractivity contribution is 5.69. The molecule has 0 spiro atoms. The highest BCUT2D eigenvalue weighted by Crippen LogP contribution is 2.22. The van der Waals surface area contributed by atoms with Crippen molar-refractivity contribution in [3.8, 4) is 0 Å². The molecule has 214 valence electrons. The average Bonchev–Trinajstić information content (AvgIpc) is 2.88. The summed E-state index contributed by atoms with van der Waals surface area (Å²) in [5.41, 5.74) is 0. The van der Waals surface area contributed by atoms with Gasteiger partial charge in [-0.1, -0.05) is 142 Å². The smallest absolute Gasteiger partial charge is 0.305 e. The average molecular weight is 511 g/mol. The number of unbranched alkanes of at least 4 members (excludes halogenated alkanes) is 16. The Bertz CT molecular complexity index is 447. The fourth-order valence-corrected chi connectivity index (χ4v) is 5.06. The summed E-state index contributed by atoms with van der Waals surface area (Å²) in [5.74, 6) is 1.63. The minimum Gasteiger partial charge on any atom is -0.469 e. The molecule has 0 heterocycles. The molecule has 36 heavy (non-hydrogen) atoms. The zero-order chi connectivity index (χ0) is 26.7. The van der Waals surface area contributed by atoms with Crippen molar-refractivity contribution in [1.82, 2.24) is 0 Å². The predicted molar refractivity (Wildman–Crippen MR) is 153 cm³/mol. The van der Waals surface area contributed by atoms with Gasteiger partial charge in [0.2, 0.25) is 0 Å². The molecule has 0 aliphatic carbocycles. The minimum atomic E-state index is -0.0707. The van der Waals surface area contributed by atoms with Crippen LogP contribution >= 0.6 is 0 Å². The number of methoxy groups -OCH3 is 2. The van der Waals surface area contributed by atoms with Crippen LogP contribution in [0.1, 0.15) is 168 Å². The molecule has 0 aliphatic heterocycles. The van der Waals surface area contributed by atoms with Gasteiger partial charge in [-0.25, -0.2) is 0 Å². The maximum atomic E-state index is 11.1. The van der Waals surface area contributed by atoms with Gasteiger partial charge >= 0.3 is 11.9 Å². The SMILES string of the molecule is COC(=O)CCCCCCCCCCCC(C)CCC(C)CCCCCCCCCCCC(=O)OC. The van der Waals surface area contributed by atoms with E-state index in [0.717, 1.165) is 37.5 Å². The van der Waals surface area contributed by atoms with E-state index < -0.39 is 0 Å². The number of hydrogen-bond donors (Lipinski definition) is 0. The maximum absolute atomic E-state index is 11.1. The molecule has 0 amide bonds. The lowest BCUT2D eigenvalue weighted by atomic mass is 9.91. The van der Waals surface area contributed by atoms with Crippen molar-refractivity contribution in [2.24, 2.45) is 11.8 Å². The number of carbonyl (C=O) groups is 2. The molecule has 0 aromatic carbocycles. The second kappa shape index (κ2) is 27.0. The highest BCUT2D eigenvalue weighted by Gasteiger charge is 2.07. The van der Waals surface area contributed by atoms with E-state index in [9.17, 15) is 9.59 Å². The van der Waals surface area contributed by atoms with Gasteiger partial charge in [-0.3, -0.25) is 9.59 Å². The van der Waals surface area contributed by atoms with Crippen molar-refractivity contribution >= 4 is 11.9 Å². The van der Waals surface area contributed by atoms with Crippen molar-refractivity contribution in [2.45, 2.75) is 168 Å². The van der Waals surface area contributed by atoms with Crippen molar-refractivity contribution in [2.75, 3.05) is 14.2 Å². The van der Waals surface area contributed by atoms with E-state index >= 15 is 0 Å². The Balaban J connectivity index is 3.33. The molecule has 4 heteroatoms. The monoisotopic (exact) mass is 510 g/mol. The number of esters is 2. The molecule has 4 nitrogen and oxygen atoms in total. The van der Waals surface area contributed by atoms with Crippen LogP contribution < -0.4 is 0 Å². The van der Waals surface area contributed by atoms with Gasteiger partial charge in [0, 0.05) is 12.8 Å². The van der Waals surface area contributed by atoms with Crippen molar-refractivity contribution < 1.29 is 19.1 Å². The third-order valence-corrected chi connectivity index (χ3v) is 7.76. The van der Waals surface area contributed by atoms with Gasteiger partial charge in [0.1, 0.15) is 0 Å². The lowest BCUT2D eigenvalue weighted by molar-refractivity contribution is -0.141. The zero-order valence-corrected chi connectivity index (χ0v) is 24.8. The number of carbonyl (C=O) groups excluding carboxylic acids is 2. The summed E-state index contributed by atoms with van der Waals surface area (Å²) in [7, 11) is 2.94. The first-order valence-corrected chi connectivity index (χ1v) is 15.6. The second-order valence-electron chi connectivity index (χ2n) is 11.4. The van der Waals surface area contributed by atoms with Gasteiger partial charge in [0.15, 0.2) is 0 Å². The normalized spacial score (nSPS) is 12.9. The number of rotatable bonds is 27. The Hall–Kier alpha value is -1.06. The molecule has 0 saturated heterocycles. The van der Waals surface area contributed by atoms with Crippen LogP contribution in [-0.2, 0) is 19.1 Å². The van der Waals surface area contributed by atoms with Crippen LogP contribution in [0.25, 0.3) is 0 Å². The Morgan fingerprint density at radius 2 is 0.667 bits per heavy atom. The lowest BCUT2D eigenvalue weighted by Crippen LogP contribution is -2.01. The van der Waals surface area contributed by atoms with Gasteiger partial charge < -0.3 is 9.47 Å². The van der Waals surface area contributed by atoms with E-state index in [1.165, 1.54) is 130 Å². The molecule has 0 aromatic heterocycles. The fourth-order valence-electron chi connectivity index (χ4n) is 5.06. The van der Waals surface area contributed by atoms with Crippen LogP contribution in [0, 0.1) is 11.8 Å². The van der Waals surface area contributed by atoms with Gasteiger partial charge in [0.05, 0.1) is 14.2 Å². The summed E-state index contributed by atoms with van der Waals surface area (Å²) in [6.45, 7) is 4.91. The lowest BCUT2D eigenvalue weighted by Gasteiger charge is -2.15. The maximum Gasteiger partial charge on any atom is 0.305 e. The quantitative estimate of drug-likeness (QED) is 0.0814. The van der Waals surface area contributed by atoms with Gasteiger partial charge in [-0.05, 0) is 24.7 Å². The molecule has 2 unspecified atom stereocenters. The standard InChI is InChI=1S/C32H62O4/c1-29(23-19-15-11-7-5-9-13-17-21-25-31(33)35-3)27-28-30(2)24-20-16-12-8-6-10-14-18-22-26-32(34)36-4/h29-30H,5-28H2,1-4H3. The van der Waals surface area contributed by atoms with Crippen LogP contribution in [0.15, 0.2) is 0 Å². The van der Waals surface area contributed by atoms with Gasteiger partial charge in [-0.15, -0.1) is 0 Å². The Labute approximate surface area is 225 Å².